The zero-order valence-electron chi connectivity index (χ0n) is 19.0. The lowest BCUT2D eigenvalue weighted by Crippen LogP contribution is -2.34. The molecule has 0 spiro atoms. The van der Waals surface area contributed by atoms with Gasteiger partial charge in [-0.05, 0) is 53.7 Å². The average molecular weight is 540 g/mol. The Labute approximate surface area is 213 Å². The van der Waals surface area contributed by atoms with E-state index in [0.29, 0.717) is 30.0 Å². The first kappa shape index (κ1) is 25.4. The van der Waals surface area contributed by atoms with Gasteiger partial charge in [0.15, 0.2) is 5.11 Å². The molecule has 6 nitrogen and oxygen atoms in total. The predicted octanol–water partition coefficient (Wildman–Crippen LogP) is 4.83. The van der Waals surface area contributed by atoms with E-state index in [0.717, 1.165) is 22.0 Å². The molecule has 0 heterocycles. The summed E-state index contributed by atoms with van der Waals surface area (Å²) in [6, 6.07) is 22.6. The number of nitrogens with zero attached hydrogens (tertiary/aromatic N) is 1. The van der Waals surface area contributed by atoms with E-state index >= 15 is 0 Å². The number of ether oxygens (including phenoxy) is 1. The van der Waals surface area contributed by atoms with Crippen molar-refractivity contribution < 1.29 is 14.3 Å². The topological polar surface area (TPSA) is 70.7 Å². The lowest BCUT2D eigenvalue weighted by atomic mass is 10.1. The molecule has 0 saturated heterocycles. The molecule has 0 atom stereocenters. The van der Waals surface area contributed by atoms with Crippen LogP contribution in [0.2, 0.25) is 0 Å². The lowest BCUT2D eigenvalue weighted by molar-refractivity contribution is -0.127. The van der Waals surface area contributed by atoms with Gasteiger partial charge in [0.05, 0.1) is 18.6 Å². The third kappa shape index (κ3) is 7.67. The van der Waals surface area contributed by atoms with Crippen LogP contribution in [0.5, 0.6) is 5.75 Å². The van der Waals surface area contributed by atoms with Crippen molar-refractivity contribution in [1.82, 2.24) is 10.2 Å². The van der Waals surface area contributed by atoms with E-state index in [-0.39, 0.29) is 16.9 Å². The van der Waals surface area contributed by atoms with Gasteiger partial charge in [0.1, 0.15) is 5.75 Å². The van der Waals surface area contributed by atoms with Crippen LogP contribution in [0, 0.1) is 0 Å². The highest BCUT2D eigenvalue weighted by atomic mass is 79.9. The van der Waals surface area contributed by atoms with Gasteiger partial charge in [-0.25, -0.2) is 0 Å². The standard InChI is InChI=1S/C26H26BrN3O3S/c1-30(2)24(31)16-19-8-11-21(12-9-19)28-26(34)29-25(32)22-17-20(27)10-13-23(22)33-15-14-18-6-4-3-5-7-18/h3-13,17H,14-16H2,1-2H3,(H2,28,29,32,34). The van der Waals surface area contributed by atoms with Crippen molar-refractivity contribution in [2.45, 2.75) is 12.8 Å². The molecule has 0 aliphatic carbocycles. The summed E-state index contributed by atoms with van der Waals surface area (Å²) in [7, 11) is 3.45. The maximum Gasteiger partial charge on any atom is 0.261 e. The summed E-state index contributed by atoms with van der Waals surface area (Å²) in [5, 5.41) is 5.86. The van der Waals surface area contributed by atoms with Crippen molar-refractivity contribution in [1.29, 1.82) is 0 Å². The Morgan fingerprint density at radius 2 is 1.68 bits per heavy atom. The van der Waals surface area contributed by atoms with Crippen molar-refractivity contribution in [2.24, 2.45) is 0 Å². The van der Waals surface area contributed by atoms with Crippen molar-refractivity contribution in [3.8, 4) is 5.75 Å². The molecule has 3 aromatic carbocycles. The van der Waals surface area contributed by atoms with Gasteiger partial charge >= 0.3 is 0 Å². The van der Waals surface area contributed by atoms with E-state index in [1.807, 2.05) is 60.7 Å². The van der Waals surface area contributed by atoms with Gasteiger partial charge in [0, 0.05) is 30.7 Å². The van der Waals surface area contributed by atoms with Crippen LogP contribution in [0.4, 0.5) is 5.69 Å². The fraction of sp³-hybridized carbons (Fsp3) is 0.192. The monoisotopic (exact) mass is 539 g/mol. The summed E-state index contributed by atoms with van der Waals surface area (Å²) in [5.41, 5.74) is 3.14. The number of nitrogens with one attached hydrogen (secondary N) is 2. The fourth-order valence-electron chi connectivity index (χ4n) is 3.10. The maximum absolute atomic E-state index is 12.9. The molecule has 2 N–H and O–H groups in total. The van der Waals surface area contributed by atoms with E-state index in [4.69, 9.17) is 17.0 Å². The normalized spacial score (nSPS) is 10.3. The molecular formula is C26H26BrN3O3S. The van der Waals surface area contributed by atoms with Crippen LogP contribution >= 0.6 is 28.1 Å². The number of anilines is 1. The van der Waals surface area contributed by atoms with Crippen LogP contribution < -0.4 is 15.4 Å². The first-order chi connectivity index (χ1) is 16.3. The van der Waals surface area contributed by atoms with Gasteiger partial charge in [-0.1, -0.05) is 58.4 Å². The second-order valence-corrected chi connectivity index (χ2v) is 9.12. The number of likely N-dealkylation sites (N-methyl/N-ethyl adjacent to an activating group) is 1. The molecule has 176 valence electrons. The van der Waals surface area contributed by atoms with E-state index in [2.05, 4.69) is 26.6 Å². The van der Waals surface area contributed by atoms with Gasteiger partial charge in [-0.2, -0.15) is 0 Å². The average Bonchev–Trinajstić information content (AvgIpc) is 2.81. The lowest BCUT2D eigenvalue weighted by Gasteiger charge is -2.14. The van der Waals surface area contributed by atoms with Crippen molar-refractivity contribution in [3.63, 3.8) is 0 Å². The number of carbonyl (C=O) groups excluding carboxylic acids is 2. The molecule has 0 aliphatic rings. The highest BCUT2D eigenvalue weighted by Gasteiger charge is 2.15. The minimum atomic E-state index is -0.373. The molecule has 0 fully saturated rings. The van der Waals surface area contributed by atoms with Crippen LogP contribution in [-0.4, -0.2) is 42.5 Å². The Morgan fingerprint density at radius 3 is 2.35 bits per heavy atom. The minimum absolute atomic E-state index is 0.0271. The molecule has 0 unspecified atom stereocenters. The van der Waals surface area contributed by atoms with E-state index in [9.17, 15) is 9.59 Å². The maximum atomic E-state index is 12.9. The Hall–Kier alpha value is -3.23. The van der Waals surface area contributed by atoms with Gasteiger partial charge in [-0.15, -0.1) is 0 Å². The summed E-state index contributed by atoms with van der Waals surface area (Å²) in [5.74, 6) is 0.135. The van der Waals surface area contributed by atoms with E-state index in [1.54, 1.807) is 31.1 Å². The van der Waals surface area contributed by atoms with E-state index in [1.165, 1.54) is 0 Å². The zero-order valence-corrected chi connectivity index (χ0v) is 21.4. The molecule has 2 amide bonds. The summed E-state index contributed by atoms with van der Waals surface area (Å²) in [4.78, 5) is 26.3. The first-order valence-electron chi connectivity index (χ1n) is 10.7. The van der Waals surface area contributed by atoms with Crippen molar-refractivity contribution in [3.05, 3.63) is 94.0 Å². The highest BCUT2D eigenvalue weighted by Crippen LogP contribution is 2.24. The number of hydrogen-bond acceptors (Lipinski definition) is 4. The summed E-state index contributed by atoms with van der Waals surface area (Å²) >= 11 is 8.73. The molecule has 0 saturated carbocycles. The molecule has 3 rings (SSSR count). The smallest absolute Gasteiger partial charge is 0.261 e. The molecule has 0 aromatic heterocycles. The molecule has 0 bridgehead atoms. The zero-order chi connectivity index (χ0) is 24.5. The van der Waals surface area contributed by atoms with Crippen LogP contribution in [0.3, 0.4) is 0 Å². The van der Waals surface area contributed by atoms with Gasteiger partial charge in [-0.3, -0.25) is 14.9 Å². The molecule has 0 aliphatic heterocycles. The van der Waals surface area contributed by atoms with Crippen LogP contribution in [0.1, 0.15) is 21.5 Å². The first-order valence-corrected chi connectivity index (χ1v) is 11.9. The summed E-state index contributed by atoms with van der Waals surface area (Å²) in [6.07, 6.45) is 1.05. The molecule has 3 aromatic rings. The quantitative estimate of drug-likeness (QED) is 0.401. The Balaban J connectivity index is 1.58. The number of rotatable bonds is 8. The Morgan fingerprint density at radius 1 is 0.971 bits per heavy atom. The number of carbonyl (C=O) groups is 2. The molecule has 0 radical (unpaired) electrons. The summed E-state index contributed by atoms with van der Waals surface area (Å²) < 4.78 is 6.66. The summed E-state index contributed by atoms with van der Waals surface area (Å²) in [6.45, 7) is 0.442. The van der Waals surface area contributed by atoms with Crippen molar-refractivity contribution in [2.75, 3.05) is 26.0 Å². The third-order valence-corrected chi connectivity index (χ3v) is 5.67. The van der Waals surface area contributed by atoms with Crippen LogP contribution in [0.15, 0.2) is 77.3 Å². The number of halogens is 1. The predicted molar refractivity (Wildman–Crippen MR) is 142 cm³/mol. The number of hydrogen-bond donors (Lipinski definition) is 2. The van der Waals surface area contributed by atoms with Gasteiger partial charge < -0.3 is 15.0 Å². The second-order valence-electron chi connectivity index (χ2n) is 7.79. The Kier molecular flexibility index (Phi) is 9.18. The Bertz CT molecular complexity index is 1150. The second kappa shape index (κ2) is 12.3. The largest absolute Gasteiger partial charge is 0.492 e. The molecular weight excluding hydrogens is 514 g/mol. The number of benzene rings is 3. The molecule has 8 heteroatoms. The minimum Gasteiger partial charge on any atom is -0.492 e. The van der Waals surface area contributed by atoms with E-state index < -0.39 is 0 Å². The fourth-order valence-corrected chi connectivity index (χ4v) is 3.67. The van der Waals surface area contributed by atoms with Gasteiger partial charge in [0.25, 0.3) is 5.91 Å². The number of amides is 2. The third-order valence-electron chi connectivity index (χ3n) is 4.97. The van der Waals surface area contributed by atoms with Crippen molar-refractivity contribution >= 4 is 50.8 Å². The number of thiocarbonyl (C=S) groups is 1. The van der Waals surface area contributed by atoms with Crippen LogP contribution in [-0.2, 0) is 17.6 Å². The van der Waals surface area contributed by atoms with Crippen LogP contribution in [0.25, 0.3) is 0 Å². The molecule has 34 heavy (non-hydrogen) atoms. The highest BCUT2D eigenvalue weighted by molar-refractivity contribution is 9.10. The SMILES string of the molecule is CN(C)C(=O)Cc1ccc(NC(=S)NC(=O)c2cc(Br)ccc2OCCc2ccccc2)cc1. The van der Waals surface area contributed by atoms with Gasteiger partial charge in [0.2, 0.25) is 5.91 Å².